The van der Waals surface area contributed by atoms with Gasteiger partial charge in [0.15, 0.2) is 0 Å². The first-order valence-electron chi connectivity index (χ1n) is 5.12. The Balaban J connectivity index is 0. The molecule has 0 amide bonds. The summed E-state index contributed by atoms with van der Waals surface area (Å²) in [7, 11) is 0. The van der Waals surface area contributed by atoms with E-state index in [0.717, 1.165) is 0 Å². The van der Waals surface area contributed by atoms with E-state index < -0.39 is 0 Å². The van der Waals surface area contributed by atoms with Crippen molar-refractivity contribution >= 4 is 0 Å². The summed E-state index contributed by atoms with van der Waals surface area (Å²) in [6.07, 6.45) is 5.26. The Hall–Kier alpha value is -0.0400. The lowest BCUT2D eigenvalue weighted by Gasteiger charge is -1.99. The van der Waals surface area contributed by atoms with Gasteiger partial charge in [0.05, 0.1) is 0 Å². The Morgan fingerprint density at radius 2 is 1.18 bits per heavy atom. The zero-order valence-electron chi connectivity index (χ0n) is 8.74. The van der Waals surface area contributed by atoms with Crippen LogP contribution in [0.3, 0.4) is 0 Å². The van der Waals surface area contributed by atoms with Gasteiger partial charge in [0.1, 0.15) is 0 Å². The van der Waals surface area contributed by atoms with Crippen molar-refractivity contribution in [2.45, 2.75) is 53.4 Å². The first kappa shape index (κ1) is 13.5. The maximum atomic E-state index is 3.39. The largest absolute Gasteiger partial charge is 0.317 e. The zero-order chi connectivity index (χ0) is 8.95. The second-order valence-electron chi connectivity index (χ2n) is 2.46. The average molecular weight is 159 g/mol. The van der Waals surface area contributed by atoms with E-state index in [2.05, 4.69) is 19.2 Å². The molecule has 0 aromatic rings. The topological polar surface area (TPSA) is 12.0 Å². The fourth-order valence-electron chi connectivity index (χ4n) is 0.729. The number of rotatable bonds is 6. The van der Waals surface area contributed by atoms with Gasteiger partial charge in [-0.25, -0.2) is 0 Å². The minimum absolute atomic E-state index is 1.20. The maximum Gasteiger partial charge on any atom is -0.00490 e. The maximum absolute atomic E-state index is 3.39. The van der Waals surface area contributed by atoms with Gasteiger partial charge in [0.25, 0.3) is 0 Å². The van der Waals surface area contributed by atoms with Gasteiger partial charge in [-0.15, -0.1) is 0 Å². The van der Waals surface area contributed by atoms with Gasteiger partial charge in [-0.05, 0) is 25.9 Å². The molecule has 1 heteroatoms. The molecule has 0 saturated heterocycles. The Morgan fingerprint density at radius 1 is 0.818 bits per heavy atom. The molecular weight excluding hydrogens is 134 g/mol. The molecule has 0 heterocycles. The van der Waals surface area contributed by atoms with E-state index in [1.54, 1.807) is 0 Å². The van der Waals surface area contributed by atoms with Crippen LogP contribution in [0.5, 0.6) is 0 Å². The van der Waals surface area contributed by atoms with Crippen LogP contribution in [0.15, 0.2) is 0 Å². The molecule has 0 spiro atoms. The third-order valence-corrected chi connectivity index (χ3v) is 1.41. The molecule has 0 atom stereocenters. The summed E-state index contributed by atoms with van der Waals surface area (Å²) in [6, 6.07) is 0. The minimum Gasteiger partial charge on any atom is -0.317 e. The summed E-state index contributed by atoms with van der Waals surface area (Å²) >= 11 is 0. The Kier molecular flexibility index (Phi) is 20.3. The van der Waals surface area contributed by atoms with Crippen LogP contribution in [0.1, 0.15) is 53.4 Å². The smallest absolute Gasteiger partial charge is 0.00490 e. The summed E-state index contributed by atoms with van der Waals surface area (Å²) in [5, 5.41) is 3.39. The molecule has 0 fully saturated rings. The second-order valence-corrected chi connectivity index (χ2v) is 2.46. The van der Waals surface area contributed by atoms with E-state index in [1.165, 1.54) is 38.8 Å². The first-order valence-corrected chi connectivity index (χ1v) is 5.12. The minimum atomic E-state index is 1.20. The van der Waals surface area contributed by atoms with Crippen molar-refractivity contribution in [2.24, 2.45) is 0 Å². The normalized spacial score (nSPS) is 8.73. The highest BCUT2D eigenvalue weighted by Crippen LogP contribution is 1.85. The van der Waals surface area contributed by atoms with Crippen LogP contribution in [0.4, 0.5) is 0 Å². The van der Waals surface area contributed by atoms with Crippen molar-refractivity contribution in [1.29, 1.82) is 0 Å². The van der Waals surface area contributed by atoms with Gasteiger partial charge >= 0.3 is 0 Å². The fraction of sp³-hybridized carbons (Fsp3) is 1.00. The second kappa shape index (κ2) is 16.5. The van der Waals surface area contributed by atoms with Crippen molar-refractivity contribution in [3.63, 3.8) is 0 Å². The fourth-order valence-corrected chi connectivity index (χ4v) is 0.729. The van der Waals surface area contributed by atoms with Gasteiger partial charge in [-0.1, -0.05) is 40.5 Å². The molecule has 0 unspecified atom stereocenters. The van der Waals surface area contributed by atoms with E-state index in [1.807, 2.05) is 13.8 Å². The van der Waals surface area contributed by atoms with Crippen LogP contribution < -0.4 is 5.32 Å². The quantitative estimate of drug-likeness (QED) is 0.587. The zero-order valence-corrected chi connectivity index (χ0v) is 8.74. The molecule has 1 nitrogen and oxygen atoms in total. The lowest BCUT2D eigenvalue weighted by Crippen LogP contribution is -2.15. The van der Waals surface area contributed by atoms with Crippen molar-refractivity contribution in [1.82, 2.24) is 5.32 Å². The van der Waals surface area contributed by atoms with Gasteiger partial charge in [0.2, 0.25) is 0 Å². The summed E-state index contributed by atoms with van der Waals surface area (Å²) in [6.45, 7) is 10.9. The lowest BCUT2D eigenvalue weighted by molar-refractivity contribution is 0.611. The number of unbranched alkanes of at least 4 members (excludes halogenated alkanes) is 2. The van der Waals surface area contributed by atoms with Gasteiger partial charge in [-0.2, -0.15) is 0 Å². The highest BCUT2D eigenvalue weighted by molar-refractivity contribution is 4.45. The average Bonchev–Trinajstić information content (AvgIpc) is 2.08. The van der Waals surface area contributed by atoms with Crippen molar-refractivity contribution in [3.8, 4) is 0 Å². The van der Waals surface area contributed by atoms with E-state index in [-0.39, 0.29) is 0 Å². The summed E-state index contributed by atoms with van der Waals surface area (Å²) in [5.74, 6) is 0. The highest BCUT2D eigenvalue weighted by Gasteiger charge is 1.83. The SMILES string of the molecule is CC.CCCCNCCCC. The van der Waals surface area contributed by atoms with Crippen molar-refractivity contribution < 1.29 is 0 Å². The van der Waals surface area contributed by atoms with Crippen LogP contribution >= 0.6 is 0 Å². The van der Waals surface area contributed by atoms with Crippen molar-refractivity contribution in [3.05, 3.63) is 0 Å². The third kappa shape index (κ3) is 17.8. The summed E-state index contributed by atoms with van der Waals surface area (Å²) in [4.78, 5) is 0. The predicted octanol–water partition coefficient (Wildman–Crippen LogP) is 3.20. The van der Waals surface area contributed by atoms with Gasteiger partial charge < -0.3 is 5.32 Å². The van der Waals surface area contributed by atoms with Crippen LogP contribution in [0.2, 0.25) is 0 Å². The van der Waals surface area contributed by atoms with Crippen LogP contribution in [0, 0.1) is 0 Å². The van der Waals surface area contributed by atoms with Crippen LogP contribution in [-0.2, 0) is 0 Å². The standard InChI is InChI=1S/C8H19N.C2H6/c1-3-5-7-9-8-6-4-2;1-2/h9H,3-8H2,1-2H3;1-2H3. The van der Waals surface area contributed by atoms with Crippen molar-refractivity contribution in [2.75, 3.05) is 13.1 Å². The molecule has 0 aliphatic rings. The van der Waals surface area contributed by atoms with E-state index in [4.69, 9.17) is 0 Å². The molecular formula is C10H25N. The molecule has 0 aliphatic carbocycles. The number of hydrogen-bond donors (Lipinski definition) is 1. The molecule has 0 bridgehead atoms. The summed E-state index contributed by atoms with van der Waals surface area (Å²) in [5.41, 5.74) is 0. The Bertz CT molecular complexity index is 38.1. The van der Waals surface area contributed by atoms with E-state index in [0.29, 0.717) is 0 Å². The van der Waals surface area contributed by atoms with Gasteiger partial charge in [0, 0.05) is 0 Å². The molecule has 11 heavy (non-hydrogen) atoms. The molecule has 1 N–H and O–H groups in total. The molecule has 70 valence electrons. The van der Waals surface area contributed by atoms with E-state index in [9.17, 15) is 0 Å². The predicted molar refractivity (Wildman–Crippen MR) is 54.0 cm³/mol. The number of hydrogen-bond acceptors (Lipinski definition) is 1. The first-order chi connectivity index (χ1) is 5.41. The van der Waals surface area contributed by atoms with Crippen LogP contribution in [-0.4, -0.2) is 13.1 Å². The molecule has 0 saturated carbocycles. The third-order valence-electron chi connectivity index (χ3n) is 1.41. The molecule has 0 rings (SSSR count). The van der Waals surface area contributed by atoms with Crippen LogP contribution in [0.25, 0.3) is 0 Å². The Labute approximate surface area is 72.6 Å². The Morgan fingerprint density at radius 3 is 1.45 bits per heavy atom. The highest BCUT2D eigenvalue weighted by atomic mass is 14.8. The van der Waals surface area contributed by atoms with E-state index >= 15 is 0 Å². The monoisotopic (exact) mass is 159 g/mol. The number of nitrogens with one attached hydrogen (secondary N) is 1. The molecule has 0 aromatic carbocycles. The summed E-state index contributed by atoms with van der Waals surface area (Å²) < 4.78 is 0. The van der Waals surface area contributed by atoms with Gasteiger partial charge in [-0.3, -0.25) is 0 Å². The lowest BCUT2D eigenvalue weighted by atomic mass is 10.3. The molecule has 0 aromatic heterocycles. The molecule has 0 aliphatic heterocycles. The molecule has 0 radical (unpaired) electrons.